The van der Waals surface area contributed by atoms with Gasteiger partial charge in [0, 0.05) is 12.0 Å². The Morgan fingerprint density at radius 1 is 1.25 bits per heavy atom. The summed E-state index contributed by atoms with van der Waals surface area (Å²) in [7, 11) is 0. The molecule has 116 valence electrons. The van der Waals surface area contributed by atoms with E-state index in [0.717, 1.165) is 25.7 Å². The van der Waals surface area contributed by atoms with Crippen LogP contribution in [0.1, 0.15) is 39.5 Å². The maximum atomic E-state index is 11.7. The first-order valence-electron chi connectivity index (χ1n) is 7.31. The average molecular weight is 285 g/mol. The molecule has 1 rings (SSSR count). The molecule has 5 N–H and O–H groups in total. The van der Waals surface area contributed by atoms with Crippen molar-refractivity contribution in [2.24, 2.45) is 17.1 Å². The van der Waals surface area contributed by atoms with Gasteiger partial charge in [-0.25, -0.2) is 0 Å². The van der Waals surface area contributed by atoms with Crippen molar-refractivity contribution in [2.75, 3.05) is 19.7 Å². The summed E-state index contributed by atoms with van der Waals surface area (Å²) in [5, 5.41) is 14.8. The van der Waals surface area contributed by atoms with Gasteiger partial charge < -0.3 is 21.5 Å². The van der Waals surface area contributed by atoms with Gasteiger partial charge in [-0.2, -0.15) is 0 Å². The molecule has 0 aromatic carbocycles. The molecule has 1 aliphatic carbocycles. The highest BCUT2D eigenvalue weighted by molar-refractivity contribution is 5.87. The molecule has 0 heterocycles. The van der Waals surface area contributed by atoms with E-state index in [9.17, 15) is 14.7 Å². The fraction of sp³-hybridized carbons (Fsp3) is 0.857. The van der Waals surface area contributed by atoms with Gasteiger partial charge in [0.1, 0.15) is 0 Å². The van der Waals surface area contributed by atoms with Crippen molar-refractivity contribution in [3.05, 3.63) is 0 Å². The zero-order valence-electron chi connectivity index (χ0n) is 12.4. The summed E-state index contributed by atoms with van der Waals surface area (Å²) in [6, 6.07) is -0.596. The van der Waals surface area contributed by atoms with E-state index in [4.69, 9.17) is 5.73 Å². The number of hydrogen-bond donors (Lipinski definition) is 4. The van der Waals surface area contributed by atoms with E-state index < -0.39 is 6.04 Å². The lowest BCUT2D eigenvalue weighted by Crippen LogP contribution is -2.48. The highest BCUT2D eigenvalue weighted by atomic mass is 16.3. The van der Waals surface area contributed by atoms with E-state index in [-0.39, 0.29) is 36.3 Å². The van der Waals surface area contributed by atoms with Gasteiger partial charge in [0.25, 0.3) is 0 Å². The largest absolute Gasteiger partial charge is 0.396 e. The number of nitrogens with one attached hydrogen (secondary N) is 2. The molecule has 1 atom stereocenters. The minimum atomic E-state index is -0.596. The number of aliphatic hydroxyl groups excluding tert-OH is 1. The molecule has 0 saturated heterocycles. The first kappa shape index (κ1) is 16.9. The second-order valence-corrected chi connectivity index (χ2v) is 6.13. The Labute approximate surface area is 120 Å². The van der Waals surface area contributed by atoms with Crippen LogP contribution in [-0.4, -0.2) is 42.7 Å². The van der Waals surface area contributed by atoms with Gasteiger partial charge in [-0.1, -0.05) is 26.7 Å². The van der Waals surface area contributed by atoms with Crippen LogP contribution in [0.25, 0.3) is 0 Å². The Bertz CT molecular complexity index is 339. The van der Waals surface area contributed by atoms with Crippen molar-refractivity contribution < 1.29 is 14.7 Å². The maximum absolute atomic E-state index is 11.7. The van der Waals surface area contributed by atoms with Crippen molar-refractivity contribution >= 4 is 11.8 Å². The number of amides is 2. The molecule has 0 radical (unpaired) electrons. The summed E-state index contributed by atoms with van der Waals surface area (Å²) in [6.45, 7) is 4.21. The monoisotopic (exact) mass is 285 g/mol. The smallest absolute Gasteiger partial charge is 0.239 e. The summed E-state index contributed by atoms with van der Waals surface area (Å²) in [4.78, 5) is 23.3. The normalized spacial score (nSPS) is 18.9. The van der Waals surface area contributed by atoms with Gasteiger partial charge in [0.05, 0.1) is 19.2 Å². The van der Waals surface area contributed by atoms with Crippen molar-refractivity contribution in [1.82, 2.24) is 10.6 Å². The fourth-order valence-corrected chi connectivity index (χ4v) is 2.45. The molecule has 0 aromatic rings. The number of rotatable bonds is 7. The molecule has 6 nitrogen and oxygen atoms in total. The number of carbonyl (C=O) groups is 2. The third kappa shape index (κ3) is 4.76. The van der Waals surface area contributed by atoms with Gasteiger partial charge >= 0.3 is 0 Å². The van der Waals surface area contributed by atoms with Gasteiger partial charge in [-0.05, 0) is 18.8 Å². The van der Waals surface area contributed by atoms with E-state index >= 15 is 0 Å². The molecule has 1 fully saturated rings. The standard InChI is InChI=1S/C14H27N3O3/c1-10(2)12(15)13(20)16-7-11(19)17-8-14(9-18)5-3-4-6-14/h10,12,18H,3-9,15H2,1-2H3,(H,16,20)(H,17,19)/t12-/m0/s1. The summed E-state index contributed by atoms with van der Waals surface area (Å²) in [5.74, 6) is -0.517. The van der Waals surface area contributed by atoms with E-state index in [2.05, 4.69) is 10.6 Å². The molecule has 2 amide bonds. The third-order valence-electron chi connectivity index (χ3n) is 4.10. The molecule has 0 unspecified atom stereocenters. The molecule has 1 saturated carbocycles. The SMILES string of the molecule is CC(C)[C@H](N)C(=O)NCC(=O)NCC1(CO)CCCC1. The van der Waals surface area contributed by atoms with Gasteiger partial charge in [-0.3, -0.25) is 9.59 Å². The van der Waals surface area contributed by atoms with Crippen molar-refractivity contribution in [1.29, 1.82) is 0 Å². The van der Waals surface area contributed by atoms with E-state index in [0.29, 0.717) is 6.54 Å². The van der Waals surface area contributed by atoms with Crippen LogP contribution in [0.5, 0.6) is 0 Å². The highest BCUT2D eigenvalue weighted by Gasteiger charge is 2.33. The Balaban J connectivity index is 2.28. The lowest BCUT2D eigenvalue weighted by molar-refractivity contribution is -0.127. The Morgan fingerprint density at radius 3 is 2.35 bits per heavy atom. The lowest BCUT2D eigenvalue weighted by atomic mass is 9.87. The van der Waals surface area contributed by atoms with Crippen molar-refractivity contribution in [2.45, 2.75) is 45.6 Å². The summed E-state index contributed by atoms with van der Waals surface area (Å²) in [6.07, 6.45) is 4.07. The molecular weight excluding hydrogens is 258 g/mol. The Morgan fingerprint density at radius 2 is 1.85 bits per heavy atom. The molecule has 0 aromatic heterocycles. The van der Waals surface area contributed by atoms with Crippen LogP contribution >= 0.6 is 0 Å². The molecule has 1 aliphatic rings. The predicted octanol–water partition coefficient (Wildman–Crippen LogP) is -0.245. The second-order valence-electron chi connectivity index (χ2n) is 6.13. The lowest BCUT2D eigenvalue weighted by Gasteiger charge is -2.26. The van der Waals surface area contributed by atoms with Gasteiger partial charge in [0.15, 0.2) is 0 Å². The minimum Gasteiger partial charge on any atom is -0.396 e. The quantitative estimate of drug-likeness (QED) is 0.518. The van der Waals surface area contributed by atoms with Crippen LogP contribution in [0.3, 0.4) is 0 Å². The van der Waals surface area contributed by atoms with Crippen LogP contribution in [0, 0.1) is 11.3 Å². The van der Waals surface area contributed by atoms with Crippen molar-refractivity contribution in [3.63, 3.8) is 0 Å². The fourth-order valence-electron chi connectivity index (χ4n) is 2.45. The van der Waals surface area contributed by atoms with Crippen LogP contribution in [0.4, 0.5) is 0 Å². The van der Waals surface area contributed by atoms with Crippen LogP contribution < -0.4 is 16.4 Å². The molecule has 0 aliphatic heterocycles. The number of nitrogens with two attached hydrogens (primary N) is 1. The average Bonchev–Trinajstić information content (AvgIpc) is 2.91. The van der Waals surface area contributed by atoms with E-state index in [1.165, 1.54) is 0 Å². The molecular formula is C14H27N3O3. The third-order valence-corrected chi connectivity index (χ3v) is 4.10. The topological polar surface area (TPSA) is 104 Å². The van der Waals surface area contributed by atoms with Crippen molar-refractivity contribution in [3.8, 4) is 0 Å². The van der Waals surface area contributed by atoms with Gasteiger partial charge in [-0.15, -0.1) is 0 Å². The molecule has 0 bridgehead atoms. The second kappa shape index (κ2) is 7.59. The highest BCUT2D eigenvalue weighted by Crippen LogP contribution is 2.36. The van der Waals surface area contributed by atoms with Crippen LogP contribution in [0.2, 0.25) is 0 Å². The maximum Gasteiger partial charge on any atom is 0.239 e. The predicted molar refractivity (Wildman–Crippen MR) is 76.8 cm³/mol. The number of aliphatic hydroxyl groups is 1. The van der Waals surface area contributed by atoms with E-state index in [1.807, 2.05) is 13.8 Å². The molecule has 6 heteroatoms. The summed E-state index contributed by atoms with van der Waals surface area (Å²) < 4.78 is 0. The minimum absolute atomic E-state index is 0.0363. The van der Waals surface area contributed by atoms with Crippen LogP contribution in [0.15, 0.2) is 0 Å². The Hall–Kier alpha value is -1.14. The molecule has 0 spiro atoms. The van der Waals surface area contributed by atoms with Crippen LogP contribution in [-0.2, 0) is 9.59 Å². The zero-order chi connectivity index (χ0) is 15.2. The summed E-state index contributed by atoms with van der Waals surface area (Å²) in [5.41, 5.74) is 5.51. The van der Waals surface area contributed by atoms with Gasteiger partial charge in [0.2, 0.25) is 11.8 Å². The Kier molecular flexibility index (Phi) is 6.42. The summed E-state index contributed by atoms with van der Waals surface area (Å²) >= 11 is 0. The number of carbonyl (C=O) groups excluding carboxylic acids is 2. The first-order valence-corrected chi connectivity index (χ1v) is 7.31. The molecule has 20 heavy (non-hydrogen) atoms. The number of hydrogen-bond acceptors (Lipinski definition) is 4. The zero-order valence-corrected chi connectivity index (χ0v) is 12.4. The van der Waals surface area contributed by atoms with E-state index in [1.54, 1.807) is 0 Å². The first-order chi connectivity index (χ1) is 9.40.